The number of piperidine rings is 1. The third-order valence-corrected chi connectivity index (χ3v) is 4.99. The fourth-order valence-corrected chi connectivity index (χ4v) is 3.52. The van der Waals surface area contributed by atoms with Gasteiger partial charge in [0.15, 0.2) is 0 Å². The molecule has 2 aromatic carbocycles. The van der Waals surface area contributed by atoms with Crippen molar-refractivity contribution in [1.29, 1.82) is 0 Å². The number of likely N-dealkylation sites (tertiary alicyclic amines) is 1. The number of hydrogen-bond donors (Lipinski definition) is 1. The molecule has 26 heavy (non-hydrogen) atoms. The van der Waals surface area contributed by atoms with Crippen LogP contribution >= 0.6 is 0 Å². The topological polar surface area (TPSA) is 41.6 Å². The molecule has 0 unspecified atom stereocenters. The van der Waals surface area contributed by atoms with Crippen LogP contribution < -0.4 is 5.32 Å². The molecule has 1 aliphatic heterocycles. The molecule has 4 heteroatoms. The van der Waals surface area contributed by atoms with Crippen molar-refractivity contribution in [2.24, 2.45) is 5.92 Å². The molecule has 4 nitrogen and oxygen atoms in total. The van der Waals surface area contributed by atoms with Crippen molar-refractivity contribution >= 4 is 6.09 Å². The second kappa shape index (κ2) is 9.39. The van der Waals surface area contributed by atoms with Gasteiger partial charge in [-0.15, -0.1) is 0 Å². The van der Waals surface area contributed by atoms with Crippen molar-refractivity contribution in [1.82, 2.24) is 10.2 Å². The zero-order valence-electron chi connectivity index (χ0n) is 15.5. The van der Waals surface area contributed by atoms with Crippen LogP contribution in [0.25, 0.3) is 11.1 Å². The summed E-state index contributed by atoms with van der Waals surface area (Å²) >= 11 is 0. The Bertz CT molecular complexity index is 694. The van der Waals surface area contributed by atoms with Gasteiger partial charge in [0, 0.05) is 19.6 Å². The van der Waals surface area contributed by atoms with Gasteiger partial charge < -0.3 is 15.0 Å². The number of nitrogens with zero attached hydrogens (tertiary/aromatic N) is 1. The predicted molar refractivity (Wildman–Crippen MR) is 105 cm³/mol. The van der Waals surface area contributed by atoms with Crippen LogP contribution in [-0.4, -0.2) is 37.2 Å². The van der Waals surface area contributed by atoms with E-state index in [2.05, 4.69) is 53.8 Å². The Balaban J connectivity index is 1.49. The van der Waals surface area contributed by atoms with Crippen molar-refractivity contribution in [3.05, 3.63) is 60.2 Å². The lowest BCUT2D eigenvalue weighted by Crippen LogP contribution is -2.41. The summed E-state index contributed by atoms with van der Waals surface area (Å²) in [5.74, 6) is 0.615. The van der Waals surface area contributed by atoms with Crippen LogP contribution in [0.1, 0.15) is 25.3 Å². The van der Waals surface area contributed by atoms with E-state index < -0.39 is 0 Å². The van der Waals surface area contributed by atoms with E-state index in [0.29, 0.717) is 12.5 Å². The number of hydrogen-bond acceptors (Lipinski definition) is 3. The molecule has 3 rings (SSSR count). The maximum Gasteiger partial charge on any atom is 0.409 e. The number of amides is 1. The van der Waals surface area contributed by atoms with E-state index in [1.54, 1.807) is 0 Å². The Kier molecular flexibility index (Phi) is 6.67. The Morgan fingerprint density at radius 1 is 1.08 bits per heavy atom. The van der Waals surface area contributed by atoms with Crippen molar-refractivity contribution in [3.63, 3.8) is 0 Å². The van der Waals surface area contributed by atoms with Crippen LogP contribution in [-0.2, 0) is 11.3 Å². The second-order valence-electron chi connectivity index (χ2n) is 6.78. The lowest BCUT2D eigenvalue weighted by atomic mass is 9.96. The molecule has 1 saturated heterocycles. The summed E-state index contributed by atoms with van der Waals surface area (Å²) in [6.07, 6.45) is 1.90. The highest BCUT2D eigenvalue weighted by Crippen LogP contribution is 2.23. The molecular formula is C22H28N2O2. The molecule has 0 saturated carbocycles. The summed E-state index contributed by atoms with van der Waals surface area (Å²) in [5.41, 5.74) is 3.87. The van der Waals surface area contributed by atoms with E-state index in [1.165, 1.54) is 16.7 Å². The van der Waals surface area contributed by atoms with Crippen LogP contribution in [0.2, 0.25) is 0 Å². The second-order valence-corrected chi connectivity index (χ2v) is 6.78. The van der Waals surface area contributed by atoms with Crippen molar-refractivity contribution in [2.75, 3.05) is 26.2 Å². The number of nitrogens with one attached hydrogen (secondary N) is 1. The van der Waals surface area contributed by atoms with Crippen LogP contribution in [0.5, 0.6) is 0 Å². The van der Waals surface area contributed by atoms with E-state index in [-0.39, 0.29) is 6.09 Å². The molecule has 138 valence electrons. The smallest absolute Gasteiger partial charge is 0.409 e. The van der Waals surface area contributed by atoms with E-state index >= 15 is 0 Å². The predicted octanol–water partition coefficient (Wildman–Crippen LogP) is 4.31. The summed E-state index contributed by atoms with van der Waals surface area (Å²) in [7, 11) is 0. The first-order valence-electron chi connectivity index (χ1n) is 9.53. The molecule has 1 amide bonds. The largest absolute Gasteiger partial charge is 0.450 e. The molecule has 0 aliphatic carbocycles. The molecule has 1 aliphatic rings. The van der Waals surface area contributed by atoms with Crippen molar-refractivity contribution < 1.29 is 9.53 Å². The normalized spacial score (nSPS) is 15.0. The molecule has 1 heterocycles. The van der Waals surface area contributed by atoms with E-state index in [4.69, 9.17) is 4.74 Å². The first kappa shape index (κ1) is 18.5. The molecule has 1 N–H and O–H groups in total. The Labute approximate surface area is 156 Å². The van der Waals surface area contributed by atoms with Crippen molar-refractivity contribution in [3.8, 4) is 11.1 Å². The van der Waals surface area contributed by atoms with Gasteiger partial charge in [-0.1, -0.05) is 54.6 Å². The van der Waals surface area contributed by atoms with Gasteiger partial charge >= 0.3 is 6.09 Å². The first-order valence-corrected chi connectivity index (χ1v) is 9.53. The molecule has 1 fully saturated rings. The van der Waals surface area contributed by atoms with Gasteiger partial charge in [-0.2, -0.15) is 0 Å². The minimum Gasteiger partial charge on any atom is -0.450 e. The highest BCUT2D eigenvalue weighted by atomic mass is 16.6. The SMILES string of the molecule is CCOC(=O)N1CCC(CNCc2ccccc2-c2ccccc2)CC1. The van der Waals surface area contributed by atoms with Gasteiger partial charge in [-0.3, -0.25) is 0 Å². The molecule has 0 radical (unpaired) electrons. The molecular weight excluding hydrogens is 324 g/mol. The van der Waals surface area contributed by atoms with Crippen LogP contribution in [0.3, 0.4) is 0 Å². The fourth-order valence-electron chi connectivity index (χ4n) is 3.52. The quantitative estimate of drug-likeness (QED) is 0.842. The summed E-state index contributed by atoms with van der Waals surface area (Å²) in [5, 5.41) is 3.62. The van der Waals surface area contributed by atoms with Crippen LogP contribution in [0.4, 0.5) is 4.79 Å². The summed E-state index contributed by atoms with van der Waals surface area (Å²) < 4.78 is 5.08. The Morgan fingerprint density at radius 3 is 2.50 bits per heavy atom. The van der Waals surface area contributed by atoms with E-state index in [1.807, 2.05) is 17.9 Å². The highest BCUT2D eigenvalue weighted by molar-refractivity contribution is 5.68. The van der Waals surface area contributed by atoms with Gasteiger partial charge in [0.1, 0.15) is 0 Å². The number of carbonyl (C=O) groups is 1. The fraction of sp³-hybridized carbons (Fsp3) is 0.409. The maximum absolute atomic E-state index is 11.8. The molecule has 0 aromatic heterocycles. The summed E-state index contributed by atoms with van der Waals surface area (Å²) in [6, 6.07) is 19.1. The summed E-state index contributed by atoms with van der Waals surface area (Å²) in [6.45, 7) is 5.74. The number of carbonyl (C=O) groups excluding carboxylic acids is 1. The molecule has 0 spiro atoms. The average Bonchev–Trinajstić information content (AvgIpc) is 2.70. The lowest BCUT2D eigenvalue weighted by Gasteiger charge is -2.31. The average molecular weight is 352 g/mol. The first-order chi connectivity index (χ1) is 12.8. The highest BCUT2D eigenvalue weighted by Gasteiger charge is 2.23. The van der Waals surface area contributed by atoms with Gasteiger partial charge in [0.05, 0.1) is 6.61 Å². The minimum absolute atomic E-state index is 0.171. The monoisotopic (exact) mass is 352 g/mol. The Morgan fingerprint density at radius 2 is 1.77 bits per heavy atom. The molecule has 0 bridgehead atoms. The maximum atomic E-state index is 11.8. The van der Waals surface area contributed by atoms with Crippen LogP contribution in [0, 0.1) is 5.92 Å². The van der Waals surface area contributed by atoms with Gasteiger partial charge in [0.25, 0.3) is 0 Å². The molecule has 0 atom stereocenters. The number of benzene rings is 2. The Hall–Kier alpha value is -2.33. The van der Waals surface area contributed by atoms with Crippen molar-refractivity contribution in [2.45, 2.75) is 26.3 Å². The van der Waals surface area contributed by atoms with Gasteiger partial charge in [-0.25, -0.2) is 4.79 Å². The standard InChI is InChI=1S/C22H28N2O2/c1-2-26-22(25)24-14-12-18(13-15-24)16-23-17-20-10-6-7-11-21(20)19-8-4-3-5-9-19/h3-11,18,23H,2,12-17H2,1H3. The number of rotatable bonds is 6. The van der Waals surface area contributed by atoms with Gasteiger partial charge in [-0.05, 0) is 48.9 Å². The number of ether oxygens (including phenoxy) is 1. The van der Waals surface area contributed by atoms with E-state index in [0.717, 1.165) is 39.0 Å². The minimum atomic E-state index is -0.171. The van der Waals surface area contributed by atoms with Crippen LogP contribution in [0.15, 0.2) is 54.6 Å². The third kappa shape index (κ3) is 4.85. The third-order valence-electron chi connectivity index (χ3n) is 4.99. The zero-order chi connectivity index (χ0) is 18.2. The molecule has 2 aromatic rings. The zero-order valence-corrected chi connectivity index (χ0v) is 15.5. The lowest BCUT2D eigenvalue weighted by molar-refractivity contribution is 0.0916. The summed E-state index contributed by atoms with van der Waals surface area (Å²) in [4.78, 5) is 13.6. The van der Waals surface area contributed by atoms with E-state index in [9.17, 15) is 4.79 Å². The van der Waals surface area contributed by atoms with Gasteiger partial charge in [0.2, 0.25) is 0 Å².